The molecule has 0 unspecified atom stereocenters. The molecule has 0 aliphatic rings. The van der Waals surface area contributed by atoms with Gasteiger partial charge in [-0.05, 0) is 43.2 Å². The van der Waals surface area contributed by atoms with Gasteiger partial charge in [0.25, 0.3) is 5.91 Å². The van der Waals surface area contributed by atoms with Crippen LogP contribution < -0.4 is 15.4 Å². The van der Waals surface area contributed by atoms with Crippen LogP contribution in [-0.2, 0) is 6.54 Å². The molecule has 0 saturated carbocycles. The minimum absolute atomic E-state index is 0.219. The normalized spacial score (nSPS) is 10.3. The van der Waals surface area contributed by atoms with Gasteiger partial charge in [0.05, 0.1) is 19.0 Å². The summed E-state index contributed by atoms with van der Waals surface area (Å²) in [5.74, 6) is 0.617. The highest BCUT2D eigenvalue weighted by molar-refractivity contribution is 6.03. The first-order valence-corrected chi connectivity index (χ1v) is 8.78. The number of nitrogens with zero attached hydrogens (tertiary/aromatic N) is 1. The first-order valence-electron chi connectivity index (χ1n) is 8.78. The molecule has 1 heterocycles. The number of pyridine rings is 1. The number of para-hydroxylation sites is 2. The lowest BCUT2D eigenvalue weighted by Gasteiger charge is -2.12. The lowest BCUT2D eigenvalue weighted by atomic mass is 10.1. The average molecular weight is 361 g/mol. The van der Waals surface area contributed by atoms with E-state index in [2.05, 4.69) is 15.6 Å². The van der Waals surface area contributed by atoms with Gasteiger partial charge in [-0.15, -0.1) is 0 Å². The van der Waals surface area contributed by atoms with Crippen molar-refractivity contribution in [2.45, 2.75) is 20.4 Å². The van der Waals surface area contributed by atoms with Gasteiger partial charge in [0.2, 0.25) is 0 Å². The summed E-state index contributed by atoms with van der Waals surface area (Å²) in [6.45, 7) is 4.56. The number of ether oxygens (including phenoxy) is 1. The van der Waals surface area contributed by atoms with E-state index in [9.17, 15) is 4.79 Å². The van der Waals surface area contributed by atoms with Crippen LogP contribution in [0.5, 0.6) is 5.75 Å². The van der Waals surface area contributed by atoms with E-state index in [0.29, 0.717) is 12.2 Å². The van der Waals surface area contributed by atoms with Crippen molar-refractivity contribution < 1.29 is 9.53 Å². The molecule has 5 heteroatoms. The van der Waals surface area contributed by atoms with E-state index in [1.807, 2.05) is 62.4 Å². The molecule has 0 saturated heterocycles. The first-order chi connectivity index (χ1) is 13.1. The number of hydrogen-bond acceptors (Lipinski definition) is 4. The Morgan fingerprint density at radius 1 is 1.00 bits per heavy atom. The van der Waals surface area contributed by atoms with Gasteiger partial charge in [-0.25, -0.2) is 4.98 Å². The quantitative estimate of drug-likeness (QED) is 0.675. The zero-order valence-electron chi connectivity index (χ0n) is 15.7. The molecule has 138 valence electrons. The summed E-state index contributed by atoms with van der Waals surface area (Å²) in [6.07, 6.45) is 1.66. The Hall–Kier alpha value is -3.34. The Morgan fingerprint density at radius 3 is 2.41 bits per heavy atom. The van der Waals surface area contributed by atoms with Gasteiger partial charge in [0.15, 0.2) is 0 Å². The standard InChI is InChI=1S/C22H23N3O2/c1-15-7-6-8-16(2)21(15)25-22(26)19-12-11-18(14-24-19)23-13-17-9-4-5-10-20(17)27-3/h4-12,14,23H,13H2,1-3H3,(H,25,26). The molecular formula is C22H23N3O2. The van der Waals surface area contributed by atoms with Crippen LogP contribution in [0.2, 0.25) is 0 Å². The second-order valence-electron chi connectivity index (χ2n) is 6.32. The monoisotopic (exact) mass is 361 g/mol. The highest BCUT2D eigenvalue weighted by Gasteiger charge is 2.11. The van der Waals surface area contributed by atoms with Crippen molar-refractivity contribution in [3.05, 3.63) is 83.2 Å². The van der Waals surface area contributed by atoms with Gasteiger partial charge in [-0.2, -0.15) is 0 Å². The fourth-order valence-electron chi connectivity index (χ4n) is 2.87. The summed E-state index contributed by atoms with van der Waals surface area (Å²) >= 11 is 0. The van der Waals surface area contributed by atoms with Crippen LogP contribution in [0.15, 0.2) is 60.8 Å². The summed E-state index contributed by atoms with van der Waals surface area (Å²) in [5, 5.41) is 6.24. The molecule has 27 heavy (non-hydrogen) atoms. The maximum Gasteiger partial charge on any atom is 0.274 e. The third-order valence-electron chi connectivity index (χ3n) is 4.39. The van der Waals surface area contributed by atoms with Crippen LogP contribution in [0.4, 0.5) is 11.4 Å². The topological polar surface area (TPSA) is 63.2 Å². The molecule has 0 aliphatic carbocycles. The highest BCUT2D eigenvalue weighted by atomic mass is 16.5. The lowest BCUT2D eigenvalue weighted by Crippen LogP contribution is -2.15. The van der Waals surface area contributed by atoms with E-state index in [1.54, 1.807) is 19.4 Å². The number of methoxy groups -OCH3 is 1. The maximum absolute atomic E-state index is 12.5. The predicted molar refractivity (Wildman–Crippen MR) is 108 cm³/mol. The molecular weight excluding hydrogens is 338 g/mol. The van der Waals surface area contributed by atoms with Crippen molar-refractivity contribution in [2.75, 3.05) is 17.7 Å². The van der Waals surface area contributed by atoms with Crippen molar-refractivity contribution in [3.8, 4) is 5.75 Å². The van der Waals surface area contributed by atoms with Gasteiger partial charge in [-0.1, -0.05) is 36.4 Å². The zero-order valence-corrected chi connectivity index (χ0v) is 15.7. The zero-order chi connectivity index (χ0) is 19.2. The molecule has 3 aromatic rings. The minimum atomic E-state index is -0.219. The summed E-state index contributed by atoms with van der Waals surface area (Å²) < 4.78 is 5.35. The van der Waals surface area contributed by atoms with E-state index in [4.69, 9.17) is 4.74 Å². The molecule has 0 aliphatic heterocycles. The van der Waals surface area contributed by atoms with Crippen LogP contribution >= 0.6 is 0 Å². The average Bonchev–Trinajstić information content (AvgIpc) is 2.69. The van der Waals surface area contributed by atoms with Gasteiger partial charge < -0.3 is 15.4 Å². The van der Waals surface area contributed by atoms with Crippen molar-refractivity contribution in [2.24, 2.45) is 0 Å². The van der Waals surface area contributed by atoms with Crippen LogP contribution in [0.3, 0.4) is 0 Å². The fraction of sp³-hybridized carbons (Fsp3) is 0.182. The van der Waals surface area contributed by atoms with Gasteiger partial charge in [-0.3, -0.25) is 4.79 Å². The number of benzene rings is 2. The van der Waals surface area contributed by atoms with Crippen molar-refractivity contribution in [1.29, 1.82) is 0 Å². The molecule has 0 spiro atoms. The number of aromatic nitrogens is 1. The molecule has 0 bridgehead atoms. The largest absolute Gasteiger partial charge is 0.496 e. The maximum atomic E-state index is 12.5. The molecule has 1 aromatic heterocycles. The van der Waals surface area contributed by atoms with Crippen LogP contribution in [0.25, 0.3) is 0 Å². The van der Waals surface area contributed by atoms with Gasteiger partial charge >= 0.3 is 0 Å². The Bertz CT molecular complexity index is 916. The first kappa shape index (κ1) is 18.5. The minimum Gasteiger partial charge on any atom is -0.496 e. The Labute approximate surface area is 159 Å². The van der Waals surface area contributed by atoms with E-state index < -0.39 is 0 Å². The van der Waals surface area contributed by atoms with Crippen LogP contribution in [0, 0.1) is 13.8 Å². The third-order valence-corrected chi connectivity index (χ3v) is 4.39. The molecule has 0 fully saturated rings. The Balaban J connectivity index is 1.65. The molecule has 3 rings (SSSR count). The highest BCUT2D eigenvalue weighted by Crippen LogP contribution is 2.21. The van der Waals surface area contributed by atoms with Crippen molar-refractivity contribution >= 4 is 17.3 Å². The van der Waals surface area contributed by atoms with Gasteiger partial charge in [0, 0.05) is 17.8 Å². The summed E-state index contributed by atoms with van der Waals surface area (Å²) in [5.41, 5.74) is 5.15. The fourth-order valence-corrected chi connectivity index (χ4v) is 2.87. The predicted octanol–water partition coefficient (Wildman–Crippen LogP) is 4.57. The number of carbonyl (C=O) groups is 1. The molecule has 2 aromatic carbocycles. The number of carbonyl (C=O) groups excluding carboxylic acids is 1. The van der Waals surface area contributed by atoms with Crippen molar-refractivity contribution in [1.82, 2.24) is 4.98 Å². The molecule has 0 atom stereocenters. The Morgan fingerprint density at radius 2 is 1.74 bits per heavy atom. The molecule has 1 amide bonds. The number of hydrogen-bond donors (Lipinski definition) is 2. The second kappa shape index (κ2) is 8.36. The van der Waals surface area contributed by atoms with Crippen molar-refractivity contribution in [3.63, 3.8) is 0 Å². The summed E-state index contributed by atoms with van der Waals surface area (Å²) in [4.78, 5) is 16.8. The molecule has 5 nitrogen and oxygen atoms in total. The van der Waals surface area contributed by atoms with Crippen LogP contribution in [-0.4, -0.2) is 18.0 Å². The summed E-state index contributed by atoms with van der Waals surface area (Å²) in [6, 6.07) is 17.3. The molecule has 2 N–H and O–H groups in total. The smallest absolute Gasteiger partial charge is 0.274 e. The van der Waals surface area contributed by atoms with Gasteiger partial charge in [0.1, 0.15) is 11.4 Å². The third kappa shape index (κ3) is 4.44. The Kier molecular flexibility index (Phi) is 5.71. The van der Waals surface area contributed by atoms with E-state index in [-0.39, 0.29) is 5.91 Å². The second-order valence-corrected chi connectivity index (χ2v) is 6.32. The van der Waals surface area contributed by atoms with E-state index in [0.717, 1.165) is 33.8 Å². The number of rotatable bonds is 6. The van der Waals surface area contributed by atoms with E-state index >= 15 is 0 Å². The van der Waals surface area contributed by atoms with E-state index in [1.165, 1.54) is 0 Å². The summed E-state index contributed by atoms with van der Waals surface area (Å²) in [7, 11) is 1.66. The lowest BCUT2D eigenvalue weighted by molar-refractivity contribution is 0.102. The number of aryl methyl sites for hydroxylation is 2. The van der Waals surface area contributed by atoms with Crippen LogP contribution in [0.1, 0.15) is 27.2 Å². The number of nitrogens with one attached hydrogen (secondary N) is 2. The SMILES string of the molecule is COc1ccccc1CNc1ccc(C(=O)Nc2c(C)cccc2C)nc1. The number of anilines is 2. The number of amides is 1. The molecule has 0 radical (unpaired) electrons.